The SMILES string of the molecule is CCOC(=O)NNC(=O)[C@@H]1[C@@H](C=C(C)C)C1(C)C. The van der Waals surface area contributed by atoms with Gasteiger partial charge in [-0.3, -0.25) is 10.2 Å². The predicted octanol–water partition coefficient (Wildman–Crippen LogP) is 2.00. The van der Waals surface area contributed by atoms with Crippen molar-refractivity contribution in [2.75, 3.05) is 6.61 Å². The molecule has 0 unspecified atom stereocenters. The first-order chi connectivity index (χ1) is 8.30. The molecule has 0 aliphatic heterocycles. The van der Waals surface area contributed by atoms with E-state index in [1.54, 1.807) is 6.92 Å². The molecule has 1 fully saturated rings. The normalized spacial score (nSPS) is 23.8. The van der Waals surface area contributed by atoms with Gasteiger partial charge in [-0.05, 0) is 32.1 Å². The van der Waals surface area contributed by atoms with E-state index in [0.29, 0.717) is 0 Å². The zero-order valence-corrected chi connectivity index (χ0v) is 11.7. The van der Waals surface area contributed by atoms with Crippen molar-refractivity contribution < 1.29 is 14.3 Å². The Bertz CT molecular complexity index is 370. The summed E-state index contributed by atoms with van der Waals surface area (Å²) >= 11 is 0. The first kappa shape index (κ1) is 14.5. The fourth-order valence-electron chi connectivity index (χ4n) is 2.21. The Kier molecular flexibility index (Phi) is 4.38. The van der Waals surface area contributed by atoms with Crippen LogP contribution in [-0.4, -0.2) is 18.6 Å². The van der Waals surface area contributed by atoms with Crippen LogP contribution in [0.25, 0.3) is 0 Å². The summed E-state index contributed by atoms with van der Waals surface area (Å²) < 4.78 is 4.66. The van der Waals surface area contributed by atoms with Crippen LogP contribution in [0.2, 0.25) is 0 Å². The number of nitrogens with one attached hydrogen (secondary N) is 2. The summed E-state index contributed by atoms with van der Waals surface area (Å²) in [5.74, 6) is -0.0450. The maximum absolute atomic E-state index is 11.9. The summed E-state index contributed by atoms with van der Waals surface area (Å²) in [6.45, 7) is 10.1. The van der Waals surface area contributed by atoms with E-state index in [4.69, 9.17) is 0 Å². The predicted molar refractivity (Wildman–Crippen MR) is 68.5 cm³/mol. The lowest BCUT2D eigenvalue weighted by Gasteiger charge is -2.07. The van der Waals surface area contributed by atoms with E-state index in [2.05, 4.69) is 21.7 Å². The molecule has 2 atom stereocenters. The summed E-state index contributed by atoms with van der Waals surface area (Å²) in [5, 5.41) is 0. The number of carbonyl (C=O) groups excluding carboxylic acids is 2. The number of allylic oxidation sites excluding steroid dienone is 2. The van der Waals surface area contributed by atoms with Gasteiger partial charge < -0.3 is 4.74 Å². The highest BCUT2D eigenvalue weighted by molar-refractivity contribution is 5.85. The van der Waals surface area contributed by atoms with Crippen LogP contribution in [-0.2, 0) is 9.53 Å². The van der Waals surface area contributed by atoms with Gasteiger partial charge in [0, 0.05) is 0 Å². The van der Waals surface area contributed by atoms with Crippen LogP contribution in [0.3, 0.4) is 0 Å². The van der Waals surface area contributed by atoms with Crippen LogP contribution in [0.15, 0.2) is 11.6 Å². The van der Waals surface area contributed by atoms with Gasteiger partial charge in [-0.15, -0.1) is 0 Å². The minimum absolute atomic E-state index is 0.0578. The minimum Gasteiger partial charge on any atom is -0.449 e. The Morgan fingerprint density at radius 2 is 1.89 bits per heavy atom. The van der Waals surface area contributed by atoms with Gasteiger partial charge in [0.1, 0.15) is 0 Å². The first-order valence-electron chi connectivity index (χ1n) is 6.18. The summed E-state index contributed by atoms with van der Waals surface area (Å²) in [6.07, 6.45) is 1.47. The molecule has 5 nitrogen and oxygen atoms in total. The number of hydrogen-bond donors (Lipinski definition) is 2. The molecule has 1 saturated carbocycles. The van der Waals surface area contributed by atoms with Gasteiger partial charge in [-0.1, -0.05) is 25.5 Å². The van der Waals surface area contributed by atoms with Gasteiger partial charge in [0.25, 0.3) is 0 Å². The van der Waals surface area contributed by atoms with E-state index in [-0.39, 0.29) is 29.8 Å². The number of rotatable bonds is 3. The van der Waals surface area contributed by atoms with Crippen LogP contribution in [0.5, 0.6) is 0 Å². The van der Waals surface area contributed by atoms with Gasteiger partial charge in [-0.2, -0.15) is 0 Å². The Balaban J connectivity index is 2.49. The van der Waals surface area contributed by atoms with Crippen molar-refractivity contribution in [3.63, 3.8) is 0 Å². The topological polar surface area (TPSA) is 67.4 Å². The molecule has 0 heterocycles. The van der Waals surface area contributed by atoms with Gasteiger partial charge in [-0.25, -0.2) is 10.2 Å². The largest absolute Gasteiger partial charge is 0.449 e. The van der Waals surface area contributed by atoms with Crippen molar-refractivity contribution in [3.05, 3.63) is 11.6 Å². The number of amides is 2. The molecule has 0 saturated heterocycles. The monoisotopic (exact) mass is 254 g/mol. The molecule has 0 aromatic heterocycles. The van der Waals surface area contributed by atoms with Gasteiger partial charge in [0.2, 0.25) is 5.91 Å². The minimum atomic E-state index is -0.636. The van der Waals surface area contributed by atoms with Crippen LogP contribution in [0.1, 0.15) is 34.6 Å². The van der Waals surface area contributed by atoms with Crippen molar-refractivity contribution in [1.82, 2.24) is 10.9 Å². The molecule has 2 amide bonds. The van der Waals surface area contributed by atoms with Crippen molar-refractivity contribution in [2.45, 2.75) is 34.6 Å². The fourth-order valence-corrected chi connectivity index (χ4v) is 2.21. The molecule has 0 bridgehead atoms. The zero-order chi connectivity index (χ0) is 13.9. The summed E-state index contributed by atoms with van der Waals surface area (Å²) in [6, 6.07) is 0. The lowest BCUT2D eigenvalue weighted by molar-refractivity contribution is -0.124. The lowest BCUT2D eigenvalue weighted by atomic mass is 10.1. The van der Waals surface area contributed by atoms with E-state index in [0.717, 1.165) is 0 Å². The average molecular weight is 254 g/mol. The molecular formula is C13H22N2O3. The van der Waals surface area contributed by atoms with E-state index >= 15 is 0 Å². The smallest absolute Gasteiger partial charge is 0.426 e. The molecule has 0 aromatic rings. The molecule has 1 aliphatic carbocycles. The average Bonchev–Trinajstić information content (AvgIpc) is 2.76. The first-order valence-corrected chi connectivity index (χ1v) is 6.18. The van der Waals surface area contributed by atoms with Gasteiger partial charge in [0.05, 0.1) is 12.5 Å². The Labute approximate surface area is 108 Å². The Morgan fingerprint density at radius 1 is 1.28 bits per heavy atom. The maximum atomic E-state index is 11.9. The maximum Gasteiger partial charge on any atom is 0.426 e. The molecule has 18 heavy (non-hydrogen) atoms. The van der Waals surface area contributed by atoms with Crippen molar-refractivity contribution in [2.24, 2.45) is 17.3 Å². The summed E-state index contributed by atoms with van der Waals surface area (Å²) in [5.41, 5.74) is 5.77. The third kappa shape index (κ3) is 3.24. The number of hydrazine groups is 1. The van der Waals surface area contributed by atoms with Crippen molar-refractivity contribution >= 4 is 12.0 Å². The summed E-state index contributed by atoms with van der Waals surface area (Å²) in [7, 11) is 0. The number of carbonyl (C=O) groups is 2. The van der Waals surface area contributed by atoms with Crippen LogP contribution in [0, 0.1) is 17.3 Å². The molecule has 2 N–H and O–H groups in total. The number of ether oxygens (including phenoxy) is 1. The van der Waals surface area contributed by atoms with Crippen LogP contribution >= 0.6 is 0 Å². The second-order valence-corrected chi connectivity index (χ2v) is 5.40. The van der Waals surface area contributed by atoms with Gasteiger partial charge >= 0.3 is 6.09 Å². The molecule has 1 rings (SSSR count). The molecule has 102 valence electrons. The van der Waals surface area contributed by atoms with Crippen molar-refractivity contribution in [1.29, 1.82) is 0 Å². The van der Waals surface area contributed by atoms with Crippen LogP contribution in [0.4, 0.5) is 4.79 Å². The standard InChI is InChI=1S/C13H22N2O3/c1-6-18-12(17)15-14-11(16)10-9(7-8(2)3)13(10,4)5/h7,9-10H,6H2,1-5H3,(H,14,16)(H,15,17)/t9-,10+/m1/s1. The summed E-state index contributed by atoms with van der Waals surface area (Å²) in [4.78, 5) is 23.0. The fraction of sp³-hybridized carbons (Fsp3) is 0.692. The lowest BCUT2D eigenvalue weighted by Crippen LogP contribution is -2.43. The highest BCUT2D eigenvalue weighted by Crippen LogP contribution is 2.59. The molecule has 0 aromatic carbocycles. The van der Waals surface area contributed by atoms with E-state index in [1.807, 2.05) is 27.7 Å². The van der Waals surface area contributed by atoms with E-state index in [1.165, 1.54) is 5.57 Å². The van der Waals surface area contributed by atoms with Crippen molar-refractivity contribution in [3.8, 4) is 0 Å². The third-order valence-electron chi connectivity index (χ3n) is 3.27. The number of hydrogen-bond acceptors (Lipinski definition) is 3. The third-order valence-corrected chi connectivity index (χ3v) is 3.27. The van der Waals surface area contributed by atoms with Crippen LogP contribution < -0.4 is 10.9 Å². The molecule has 0 spiro atoms. The highest BCUT2D eigenvalue weighted by atomic mass is 16.5. The second kappa shape index (κ2) is 5.42. The quantitative estimate of drug-likeness (QED) is 0.598. The van der Waals surface area contributed by atoms with E-state index < -0.39 is 6.09 Å². The Hall–Kier alpha value is -1.52. The molecule has 1 aliphatic rings. The zero-order valence-electron chi connectivity index (χ0n) is 11.7. The highest BCUT2D eigenvalue weighted by Gasteiger charge is 2.60. The molecule has 5 heteroatoms. The second-order valence-electron chi connectivity index (χ2n) is 5.40. The molecule has 0 radical (unpaired) electrons. The Morgan fingerprint density at radius 3 is 2.39 bits per heavy atom. The van der Waals surface area contributed by atoms with Gasteiger partial charge in [0.15, 0.2) is 0 Å². The molecular weight excluding hydrogens is 232 g/mol. The van der Waals surface area contributed by atoms with E-state index in [9.17, 15) is 9.59 Å².